The van der Waals surface area contributed by atoms with E-state index in [0.717, 1.165) is 0 Å². The molecule has 0 aliphatic rings. The highest BCUT2D eigenvalue weighted by Gasteiger charge is 2.23. The fraction of sp³-hybridized carbons (Fsp3) is 0.190. The first-order chi connectivity index (χ1) is 14.4. The van der Waals surface area contributed by atoms with Crippen LogP contribution >= 0.6 is 11.6 Å². The number of nitrogens with one attached hydrogen (secondary N) is 1. The SMILES string of the molecule is CC(C)c1c(C(=O)OCC(=O)Nc2ccc(C#N)c(Cl)c2)cnn1-c1ccccn1. The van der Waals surface area contributed by atoms with Crippen molar-refractivity contribution in [3.05, 3.63) is 70.6 Å². The van der Waals surface area contributed by atoms with Gasteiger partial charge in [0, 0.05) is 11.9 Å². The van der Waals surface area contributed by atoms with Gasteiger partial charge in [-0.15, -0.1) is 0 Å². The first kappa shape index (κ1) is 21.0. The molecule has 30 heavy (non-hydrogen) atoms. The van der Waals surface area contributed by atoms with Gasteiger partial charge in [0.15, 0.2) is 12.4 Å². The Morgan fingerprint density at radius 3 is 2.73 bits per heavy atom. The van der Waals surface area contributed by atoms with Gasteiger partial charge in [-0.05, 0) is 36.2 Å². The summed E-state index contributed by atoms with van der Waals surface area (Å²) in [5, 5.41) is 15.9. The molecule has 1 aromatic carbocycles. The lowest BCUT2D eigenvalue weighted by atomic mass is 10.1. The molecule has 0 atom stereocenters. The second-order valence-corrected chi connectivity index (χ2v) is 7.04. The highest BCUT2D eigenvalue weighted by atomic mass is 35.5. The molecule has 8 nitrogen and oxygen atoms in total. The highest BCUT2D eigenvalue weighted by Crippen LogP contribution is 2.23. The molecule has 152 valence electrons. The van der Waals surface area contributed by atoms with Gasteiger partial charge in [0.1, 0.15) is 11.6 Å². The summed E-state index contributed by atoms with van der Waals surface area (Å²) in [6, 6.07) is 11.8. The van der Waals surface area contributed by atoms with Crippen molar-refractivity contribution in [2.24, 2.45) is 0 Å². The number of carbonyl (C=O) groups excluding carboxylic acids is 2. The van der Waals surface area contributed by atoms with E-state index in [0.29, 0.717) is 22.8 Å². The number of hydrogen-bond acceptors (Lipinski definition) is 6. The van der Waals surface area contributed by atoms with Crippen LogP contribution in [0.1, 0.15) is 41.4 Å². The zero-order chi connectivity index (χ0) is 21.7. The first-order valence-electron chi connectivity index (χ1n) is 9.06. The van der Waals surface area contributed by atoms with Crippen LogP contribution in [-0.4, -0.2) is 33.2 Å². The summed E-state index contributed by atoms with van der Waals surface area (Å²) in [6.45, 7) is 3.37. The van der Waals surface area contributed by atoms with E-state index < -0.39 is 18.5 Å². The Kier molecular flexibility index (Phi) is 6.45. The number of hydrogen-bond donors (Lipinski definition) is 1. The van der Waals surface area contributed by atoms with Crippen LogP contribution in [0, 0.1) is 11.3 Å². The number of anilines is 1. The molecule has 2 aromatic heterocycles. The molecular weight excluding hydrogens is 406 g/mol. The van der Waals surface area contributed by atoms with Gasteiger partial charge in [0.05, 0.1) is 22.5 Å². The second kappa shape index (κ2) is 9.20. The van der Waals surface area contributed by atoms with Crippen molar-refractivity contribution < 1.29 is 14.3 Å². The molecule has 0 spiro atoms. The summed E-state index contributed by atoms with van der Waals surface area (Å²) >= 11 is 5.95. The van der Waals surface area contributed by atoms with E-state index in [1.165, 1.54) is 24.4 Å². The number of carbonyl (C=O) groups is 2. The van der Waals surface area contributed by atoms with Gasteiger partial charge in [0.25, 0.3) is 5.91 Å². The van der Waals surface area contributed by atoms with E-state index in [-0.39, 0.29) is 16.5 Å². The van der Waals surface area contributed by atoms with Gasteiger partial charge in [0.2, 0.25) is 0 Å². The molecule has 0 unspecified atom stereocenters. The van der Waals surface area contributed by atoms with Crippen LogP contribution in [0.5, 0.6) is 0 Å². The maximum Gasteiger partial charge on any atom is 0.342 e. The van der Waals surface area contributed by atoms with E-state index in [4.69, 9.17) is 21.6 Å². The lowest BCUT2D eigenvalue weighted by Gasteiger charge is -2.12. The second-order valence-electron chi connectivity index (χ2n) is 6.63. The third-order valence-electron chi connectivity index (χ3n) is 4.15. The van der Waals surface area contributed by atoms with Crippen molar-refractivity contribution in [3.63, 3.8) is 0 Å². The van der Waals surface area contributed by atoms with Crippen LogP contribution in [0.2, 0.25) is 5.02 Å². The van der Waals surface area contributed by atoms with E-state index in [2.05, 4.69) is 15.4 Å². The van der Waals surface area contributed by atoms with E-state index in [1.54, 1.807) is 23.0 Å². The molecule has 1 amide bonds. The maximum absolute atomic E-state index is 12.6. The Morgan fingerprint density at radius 2 is 2.10 bits per heavy atom. The third kappa shape index (κ3) is 4.64. The number of esters is 1. The Bertz CT molecular complexity index is 1120. The molecule has 3 rings (SSSR count). The number of nitrogens with zero attached hydrogens (tertiary/aromatic N) is 4. The number of amides is 1. The number of ether oxygens (including phenoxy) is 1. The Balaban J connectivity index is 1.69. The number of rotatable bonds is 6. The van der Waals surface area contributed by atoms with Crippen molar-refractivity contribution in [2.75, 3.05) is 11.9 Å². The highest BCUT2D eigenvalue weighted by molar-refractivity contribution is 6.32. The third-order valence-corrected chi connectivity index (χ3v) is 4.46. The number of halogens is 1. The summed E-state index contributed by atoms with van der Waals surface area (Å²) < 4.78 is 6.75. The molecular formula is C21H18ClN5O3. The van der Waals surface area contributed by atoms with E-state index in [1.807, 2.05) is 26.0 Å². The van der Waals surface area contributed by atoms with Crippen LogP contribution in [0.3, 0.4) is 0 Å². The summed E-state index contributed by atoms with van der Waals surface area (Å²) in [7, 11) is 0. The number of nitriles is 1. The van der Waals surface area contributed by atoms with Gasteiger partial charge >= 0.3 is 5.97 Å². The number of pyridine rings is 1. The molecule has 3 aromatic rings. The van der Waals surface area contributed by atoms with Crippen LogP contribution in [0.15, 0.2) is 48.8 Å². The average molecular weight is 424 g/mol. The van der Waals surface area contributed by atoms with Crippen molar-refractivity contribution in [1.29, 1.82) is 5.26 Å². The lowest BCUT2D eigenvalue weighted by molar-refractivity contribution is -0.119. The lowest BCUT2D eigenvalue weighted by Crippen LogP contribution is -2.21. The van der Waals surface area contributed by atoms with Gasteiger partial charge < -0.3 is 10.1 Å². The van der Waals surface area contributed by atoms with Crippen molar-refractivity contribution in [3.8, 4) is 11.9 Å². The minimum Gasteiger partial charge on any atom is -0.452 e. The molecule has 1 N–H and O–H groups in total. The Morgan fingerprint density at radius 1 is 1.30 bits per heavy atom. The zero-order valence-corrected chi connectivity index (χ0v) is 17.1. The zero-order valence-electron chi connectivity index (χ0n) is 16.3. The fourth-order valence-electron chi connectivity index (χ4n) is 2.82. The first-order valence-corrected chi connectivity index (χ1v) is 9.44. The summed E-state index contributed by atoms with van der Waals surface area (Å²) in [4.78, 5) is 29.0. The van der Waals surface area contributed by atoms with Crippen LogP contribution in [-0.2, 0) is 9.53 Å². The fourth-order valence-corrected chi connectivity index (χ4v) is 3.04. The monoisotopic (exact) mass is 423 g/mol. The van der Waals surface area contributed by atoms with Gasteiger partial charge in [-0.3, -0.25) is 4.79 Å². The number of benzene rings is 1. The van der Waals surface area contributed by atoms with Crippen molar-refractivity contribution in [2.45, 2.75) is 19.8 Å². The molecule has 0 saturated heterocycles. The molecule has 9 heteroatoms. The van der Waals surface area contributed by atoms with Crippen LogP contribution in [0.25, 0.3) is 5.82 Å². The summed E-state index contributed by atoms with van der Waals surface area (Å²) in [5.41, 5.74) is 1.60. The Labute approximate surface area is 178 Å². The molecule has 2 heterocycles. The maximum atomic E-state index is 12.6. The Hall–Kier alpha value is -3.70. The van der Waals surface area contributed by atoms with E-state index in [9.17, 15) is 9.59 Å². The molecule has 0 aliphatic heterocycles. The van der Waals surface area contributed by atoms with Crippen LogP contribution in [0.4, 0.5) is 5.69 Å². The molecule has 0 saturated carbocycles. The topological polar surface area (TPSA) is 110 Å². The molecule has 0 aliphatic carbocycles. The smallest absolute Gasteiger partial charge is 0.342 e. The van der Waals surface area contributed by atoms with Gasteiger partial charge in [-0.25, -0.2) is 14.5 Å². The molecule has 0 radical (unpaired) electrons. The van der Waals surface area contributed by atoms with Crippen LogP contribution < -0.4 is 5.32 Å². The van der Waals surface area contributed by atoms with Gasteiger partial charge in [-0.2, -0.15) is 10.4 Å². The van der Waals surface area contributed by atoms with Crippen molar-refractivity contribution >= 4 is 29.2 Å². The minimum absolute atomic E-state index is 0.0355. The van der Waals surface area contributed by atoms with Crippen molar-refractivity contribution in [1.82, 2.24) is 14.8 Å². The summed E-state index contributed by atoms with van der Waals surface area (Å²) in [6.07, 6.45) is 3.05. The quantitative estimate of drug-likeness (QED) is 0.605. The predicted octanol–water partition coefficient (Wildman–Crippen LogP) is 3.71. The largest absolute Gasteiger partial charge is 0.452 e. The predicted molar refractivity (Wildman–Crippen MR) is 111 cm³/mol. The minimum atomic E-state index is -0.658. The standard InChI is InChI=1S/C21H18ClN5O3/c1-13(2)20-16(11-25-27(20)18-5-3-4-8-24-18)21(29)30-12-19(28)26-15-7-6-14(10-23)17(22)9-15/h3-9,11,13H,12H2,1-2H3,(H,26,28). The molecule has 0 fully saturated rings. The number of aromatic nitrogens is 3. The average Bonchev–Trinajstić information content (AvgIpc) is 3.18. The van der Waals surface area contributed by atoms with E-state index >= 15 is 0 Å². The van der Waals surface area contributed by atoms with Gasteiger partial charge in [-0.1, -0.05) is 31.5 Å². The normalized spacial score (nSPS) is 10.5. The molecule has 0 bridgehead atoms. The summed E-state index contributed by atoms with van der Waals surface area (Å²) in [5.74, 6) is -0.649.